The van der Waals surface area contributed by atoms with Gasteiger partial charge in [0.15, 0.2) is 0 Å². The van der Waals surface area contributed by atoms with Gasteiger partial charge in [-0.05, 0) is 36.4 Å². The van der Waals surface area contributed by atoms with Crippen molar-refractivity contribution in [3.05, 3.63) is 65.3 Å². The number of halogens is 1. The van der Waals surface area contributed by atoms with Gasteiger partial charge in [0.2, 0.25) is 5.91 Å². The summed E-state index contributed by atoms with van der Waals surface area (Å²) in [6.45, 7) is 0.126. The van der Waals surface area contributed by atoms with Gasteiger partial charge >= 0.3 is 5.97 Å². The number of carbonyl (C=O) groups excluding carboxylic acids is 2. The van der Waals surface area contributed by atoms with E-state index in [1.54, 1.807) is 30.3 Å². The van der Waals surface area contributed by atoms with Crippen LogP contribution in [-0.4, -0.2) is 23.6 Å². The SMILES string of the molecule is COC(=O)c1ccccc1NC(=O)Cn1ccc2cc(Cl)ccc21. The maximum absolute atomic E-state index is 12.3. The number of ether oxygens (including phenoxy) is 1. The molecule has 0 spiro atoms. The summed E-state index contributed by atoms with van der Waals surface area (Å²) in [7, 11) is 1.30. The predicted octanol–water partition coefficient (Wildman–Crippen LogP) is 3.72. The molecule has 0 atom stereocenters. The van der Waals surface area contributed by atoms with E-state index < -0.39 is 5.97 Å². The summed E-state index contributed by atoms with van der Waals surface area (Å²) in [4.78, 5) is 24.1. The van der Waals surface area contributed by atoms with Gasteiger partial charge in [-0.15, -0.1) is 0 Å². The Morgan fingerprint density at radius 3 is 2.75 bits per heavy atom. The van der Waals surface area contributed by atoms with Gasteiger partial charge in [-0.25, -0.2) is 4.79 Å². The number of methoxy groups -OCH3 is 1. The van der Waals surface area contributed by atoms with E-state index in [-0.39, 0.29) is 12.5 Å². The molecule has 0 aliphatic carbocycles. The fourth-order valence-corrected chi connectivity index (χ4v) is 2.71. The first-order chi connectivity index (χ1) is 11.6. The number of carbonyl (C=O) groups is 2. The third-order valence-electron chi connectivity index (χ3n) is 3.65. The number of hydrogen-bond acceptors (Lipinski definition) is 3. The molecule has 5 nitrogen and oxygen atoms in total. The molecule has 0 aliphatic heterocycles. The van der Waals surface area contributed by atoms with E-state index >= 15 is 0 Å². The van der Waals surface area contributed by atoms with Crippen molar-refractivity contribution in [3.8, 4) is 0 Å². The second kappa shape index (κ2) is 6.76. The third kappa shape index (κ3) is 3.26. The van der Waals surface area contributed by atoms with Gasteiger partial charge in [-0.3, -0.25) is 4.79 Å². The Labute approximate surface area is 143 Å². The quantitative estimate of drug-likeness (QED) is 0.735. The van der Waals surface area contributed by atoms with Crippen molar-refractivity contribution in [3.63, 3.8) is 0 Å². The van der Waals surface area contributed by atoms with Gasteiger partial charge in [0.25, 0.3) is 0 Å². The smallest absolute Gasteiger partial charge is 0.339 e. The molecule has 0 saturated heterocycles. The zero-order valence-electron chi connectivity index (χ0n) is 13.0. The first-order valence-corrected chi connectivity index (χ1v) is 7.68. The van der Waals surface area contributed by atoms with Gasteiger partial charge in [0.05, 0.1) is 18.4 Å². The maximum Gasteiger partial charge on any atom is 0.339 e. The van der Waals surface area contributed by atoms with Gasteiger partial charge in [-0.1, -0.05) is 23.7 Å². The number of esters is 1. The van der Waals surface area contributed by atoms with Crippen molar-refractivity contribution in [1.82, 2.24) is 4.57 Å². The molecule has 0 bridgehead atoms. The topological polar surface area (TPSA) is 60.3 Å². The van der Waals surface area contributed by atoms with Gasteiger partial charge in [0, 0.05) is 22.1 Å². The summed E-state index contributed by atoms with van der Waals surface area (Å²) in [6.07, 6.45) is 1.83. The van der Waals surface area contributed by atoms with Crippen molar-refractivity contribution in [2.24, 2.45) is 0 Å². The summed E-state index contributed by atoms with van der Waals surface area (Å²) in [5.74, 6) is -0.731. The minimum Gasteiger partial charge on any atom is -0.465 e. The van der Waals surface area contributed by atoms with E-state index in [4.69, 9.17) is 16.3 Å². The normalized spacial score (nSPS) is 10.6. The number of nitrogens with one attached hydrogen (secondary N) is 1. The molecule has 3 rings (SSSR count). The molecule has 1 amide bonds. The average Bonchev–Trinajstić information content (AvgIpc) is 2.96. The molecule has 122 valence electrons. The number of anilines is 1. The lowest BCUT2D eigenvalue weighted by molar-refractivity contribution is -0.116. The van der Waals surface area contributed by atoms with E-state index in [9.17, 15) is 9.59 Å². The van der Waals surface area contributed by atoms with E-state index in [2.05, 4.69) is 5.32 Å². The van der Waals surface area contributed by atoms with Gasteiger partial charge in [-0.2, -0.15) is 0 Å². The Balaban J connectivity index is 1.80. The Hall–Kier alpha value is -2.79. The summed E-state index contributed by atoms with van der Waals surface area (Å²) in [5, 5.41) is 4.37. The first kappa shape index (κ1) is 16.1. The van der Waals surface area contributed by atoms with Crippen LogP contribution in [0.25, 0.3) is 10.9 Å². The highest BCUT2D eigenvalue weighted by Crippen LogP contribution is 2.21. The lowest BCUT2D eigenvalue weighted by Gasteiger charge is -2.10. The lowest BCUT2D eigenvalue weighted by atomic mass is 10.2. The van der Waals surface area contributed by atoms with Crippen molar-refractivity contribution in [2.45, 2.75) is 6.54 Å². The largest absolute Gasteiger partial charge is 0.465 e. The second-order valence-corrected chi connectivity index (χ2v) is 5.67. The summed E-state index contributed by atoms with van der Waals surface area (Å²) >= 11 is 5.97. The molecule has 3 aromatic rings. The van der Waals surface area contributed by atoms with Crippen molar-refractivity contribution in [2.75, 3.05) is 12.4 Å². The molecule has 0 aliphatic rings. The number of benzene rings is 2. The highest BCUT2D eigenvalue weighted by molar-refractivity contribution is 6.31. The number of aromatic nitrogens is 1. The van der Waals surface area contributed by atoms with Crippen LogP contribution in [0.1, 0.15) is 10.4 Å². The number of para-hydroxylation sites is 1. The highest BCUT2D eigenvalue weighted by atomic mass is 35.5. The van der Waals surface area contributed by atoms with Crippen LogP contribution in [0.3, 0.4) is 0 Å². The van der Waals surface area contributed by atoms with Crippen LogP contribution in [0.2, 0.25) is 5.02 Å². The van der Waals surface area contributed by atoms with Crippen LogP contribution in [-0.2, 0) is 16.1 Å². The van der Waals surface area contributed by atoms with Crippen LogP contribution in [0.4, 0.5) is 5.69 Å². The zero-order chi connectivity index (χ0) is 17.1. The van der Waals surface area contributed by atoms with Crippen LogP contribution >= 0.6 is 11.6 Å². The molecule has 6 heteroatoms. The molecule has 1 heterocycles. The molecular formula is C18H15ClN2O3. The molecule has 0 radical (unpaired) electrons. The Morgan fingerprint density at radius 2 is 1.96 bits per heavy atom. The monoisotopic (exact) mass is 342 g/mol. The predicted molar refractivity (Wildman–Crippen MR) is 93.4 cm³/mol. The number of amides is 1. The minimum absolute atomic E-state index is 0.126. The lowest BCUT2D eigenvalue weighted by Crippen LogP contribution is -2.20. The average molecular weight is 343 g/mol. The number of rotatable bonds is 4. The fourth-order valence-electron chi connectivity index (χ4n) is 2.53. The molecule has 0 fully saturated rings. The molecular weight excluding hydrogens is 328 g/mol. The van der Waals surface area contributed by atoms with E-state index in [0.29, 0.717) is 16.3 Å². The van der Waals surface area contributed by atoms with Crippen molar-refractivity contribution in [1.29, 1.82) is 0 Å². The van der Waals surface area contributed by atoms with E-state index in [1.165, 1.54) is 7.11 Å². The Bertz CT molecular complexity index is 918. The summed E-state index contributed by atoms with van der Waals surface area (Å²) < 4.78 is 6.55. The number of hydrogen-bond donors (Lipinski definition) is 1. The molecule has 24 heavy (non-hydrogen) atoms. The van der Waals surface area contributed by atoms with Crippen molar-refractivity contribution >= 4 is 40.1 Å². The molecule has 1 N–H and O–H groups in total. The summed E-state index contributed by atoms with van der Waals surface area (Å²) in [5.41, 5.74) is 1.65. The van der Waals surface area contributed by atoms with E-state index in [1.807, 2.05) is 29.0 Å². The third-order valence-corrected chi connectivity index (χ3v) is 3.89. The highest BCUT2D eigenvalue weighted by Gasteiger charge is 2.14. The zero-order valence-corrected chi connectivity index (χ0v) is 13.7. The van der Waals surface area contributed by atoms with Crippen molar-refractivity contribution < 1.29 is 14.3 Å². The van der Waals surface area contributed by atoms with Crippen LogP contribution in [0.5, 0.6) is 0 Å². The summed E-state index contributed by atoms with van der Waals surface area (Å²) in [6, 6.07) is 14.1. The standard InChI is InChI=1S/C18H15ClN2O3/c1-24-18(23)14-4-2-3-5-15(14)20-17(22)11-21-9-8-12-10-13(19)6-7-16(12)21/h2-10H,11H2,1H3,(H,20,22). The number of fused-ring (bicyclic) bond motifs is 1. The van der Waals surface area contributed by atoms with E-state index in [0.717, 1.165) is 10.9 Å². The molecule has 1 aromatic heterocycles. The second-order valence-electron chi connectivity index (χ2n) is 5.23. The van der Waals surface area contributed by atoms with Gasteiger partial charge in [0.1, 0.15) is 6.54 Å². The Morgan fingerprint density at radius 1 is 1.17 bits per heavy atom. The molecule has 2 aromatic carbocycles. The van der Waals surface area contributed by atoms with Gasteiger partial charge < -0.3 is 14.6 Å². The van der Waals surface area contributed by atoms with Crippen LogP contribution < -0.4 is 5.32 Å². The van der Waals surface area contributed by atoms with Crippen LogP contribution in [0.15, 0.2) is 54.7 Å². The fraction of sp³-hybridized carbons (Fsp3) is 0.111. The van der Waals surface area contributed by atoms with Crippen LogP contribution in [0, 0.1) is 0 Å². The minimum atomic E-state index is -0.494. The maximum atomic E-state index is 12.3. The Kier molecular flexibility index (Phi) is 4.53. The molecule has 0 unspecified atom stereocenters. The number of nitrogens with zero attached hydrogens (tertiary/aromatic N) is 1. The first-order valence-electron chi connectivity index (χ1n) is 7.30. The molecule has 0 saturated carbocycles.